The molecule has 3 aromatic carbocycles. The van der Waals surface area contributed by atoms with E-state index in [9.17, 15) is 9.59 Å². The molecule has 2 amide bonds. The van der Waals surface area contributed by atoms with Gasteiger partial charge in [0.25, 0.3) is 11.8 Å². The van der Waals surface area contributed by atoms with E-state index in [4.69, 9.17) is 16.3 Å². The third-order valence-electron chi connectivity index (χ3n) is 4.99. The van der Waals surface area contributed by atoms with Gasteiger partial charge >= 0.3 is 0 Å². The second-order valence-corrected chi connectivity index (χ2v) is 9.03. The number of anilines is 1. The van der Waals surface area contributed by atoms with Crippen molar-refractivity contribution in [3.63, 3.8) is 0 Å². The summed E-state index contributed by atoms with van der Waals surface area (Å²) in [6.45, 7) is 4.61. The van der Waals surface area contributed by atoms with Crippen LogP contribution in [-0.4, -0.2) is 18.4 Å². The molecule has 0 unspecified atom stereocenters. The van der Waals surface area contributed by atoms with Gasteiger partial charge in [0.1, 0.15) is 11.4 Å². The normalized spacial score (nSPS) is 11.1. The van der Waals surface area contributed by atoms with Crippen molar-refractivity contribution in [2.75, 3.05) is 11.9 Å². The molecule has 0 aliphatic carbocycles. The first-order chi connectivity index (χ1) is 16.4. The Labute approximate surface area is 213 Å². The topological polar surface area (TPSA) is 67.4 Å². The van der Waals surface area contributed by atoms with Gasteiger partial charge in [-0.1, -0.05) is 59.1 Å². The summed E-state index contributed by atoms with van der Waals surface area (Å²) in [5, 5.41) is 6.08. The van der Waals surface area contributed by atoms with Gasteiger partial charge < -0.3 is 15.4 Å². The fraction of sp³-hybridized carbons (Fsp3) is 0.185. The van der Waals surface area contributed by atoms with Crippen LogP contribution < -0.4 is 15.4 Å². The maximum Gasteiger partial charge on any atom is 0.272 e. The first-order valence-electron chi connectivity index (χ1n) is 10.9. The largest absolute Gasteiger partial charge is 0.494 e. The molecule has 0 aromatic heterocycles. The number of hydrogen-bond donors (Lipinski definition) is 2. The Morgan fingerprint density at radius 2 is 1.74 bits per heavy atom. The standard InChI is InChI=1S/C27H26BrClN2O3/c1-3-4-15-34-23-13-8-20(9-14-23)26(32)31-25(16-19-6-10-21(28)11-7-19)27(33)30-22-12-5-18(2)24(29)17-22/h5-14,16-17H,3-4,15H2,1-2H3,(H,30,33)(H,31,32)/b25-16-. The number of rotatable bonds is 9. The lowest BCUT2D eigenvalue weighted by Gasteiger charge is -2.12. The SMILES string of the molecule is CCCCOc1ccc(C(=O)N/C(=C\c2ccc(Br)cc2)C(=O)Nc2ccc(C)c(Cl)c2)cc1. The summed E-state index contributed by atoms with van der Waals surface area (Å²) in [5.74, 6) is -0.166. The Balaban J connectivity index is 1.80. The number of halogens is 2. The van der Waals surface area contributed by atoms with Crippen molar-refractivity contribution in [2.45, 2.75) is 26.7 Å². The van der Waals surface area contributed by atoms with Gasteiger partial charge in [-0.15, -0.1) is 0 Å². The van der Waals surface area contributed by atoms with Crippen LogP contribution in [0.25, 0.3) is 6.08 Å². The molecule has 0 atom stereocenters. The molecular formula is C27H26BrClN2O3. The van der Waals surface area contributed by atoms with E-state index < -0.39 is 11.8 Å². The van der Waals surface area contributed by atoms with E-state index in [-0.39, 0.29) is 5.70 Å². The number of ether oxygens (including phenoxy) is 1. The highest BCUT2D eigenvalue weighted by Gasteiger charge is 2.16. The minimum absolute atomic E-state index is 0.104. The summed E-state index contributed by atoms with van der Waals surface area (Å²) in [6.07, 6.45) is 3.64. The van der Waals surface area contributed by atoms with Gasteiger partial charge in [-0.2, -0.15) is 0 Å². The zero-order valence-corrected chi connectivity index (χ0v) is 21.4. The van der Waals surface area contributed by atoms with Gasteiger partial charge in [-0.05, 0) is 79.1 Å². The minimum atomic E-state index is -0.462. The van der Waals surface area contributed by atoms with E-state index in [1.54, 1.807) is 42.5 Å². The molecule has 0 heterocycles. The molecular weight excluding hydrogens is 516 g/mol. The molecule has 34 heavy (non-hydrogen) atoms. The number of carbonyl (C=O) groups is 2. The van der Waals surface area contributed by atoms with E-state index in [1.165, 1.54) is 0 Å². The summed E-state index contributed by atoms with van der Waals surface area (Å²) in [4.78, 5) is 26.0. The first kappa shape index (κ1) is 25.5. The van der Waals surface area contributed by atoms with Crippen molar-refractivity contribution >= 4 is 51.1 Å². The molecule has 3 aromatic rings. The predicted octanol–water partition coefficient (Wildman–Crippen LogP) is 7.00. The van der Waals surface area contributed by atoms with Crippen LogP contribution in [0.2, 0.25) is 5.02 Å². The van der Waals surface area contributed by atoms with Gasteiger partial charge in [0.15, 0.2) is 0 Å². The average molecular weight is 542 g/mol. The second-order valence-electron chi connectivity index (χ2n) is 7.71. The molecule has 0 aliphatic rings. The summed E-state index contributed by atoms with van der Waals surface area (Å²) in [5.41, 5.74) is 2.71. The highest BCUT2D eigenvalue weighted by atomic mass is 79.9. The van der Waals surface area contributed by atoms with E-state index >= 15 is 0 Å². The fourth-order valence-electron chi connectivity index (χ4n) is 2.98. The molecule has 176 valence electrons. The Kier molecular flexibility index (Phi) is 9.31. The Morgan fingerprint density at radius 1 is 1.03 bits per heavy atom. The summed E-state index contributed by atoms with van der Waals surface area (Å²) in [7, 11) is 0. The van der Waals surface area contributed by atoms with Crippen LogP contribution in [0, 0.1) is 6.92 Å². The van der Waals surface area contributed by atoms with Gasteiger partial charge in [0, 0.05) is 20.7 Å². The van der Waals surface area contributed by atoms with Crippen LogP contribution in [0.4, 0.5) is 5.69 Å². The molecule has 7 heteroatoms. The third-order valence-corrected chi connectivity index (χ3v) is 5.92. The number of amides is 2. The lowest BCUT2D eigenvalue weighted by atomic mass is 10.1. The molecule has 0 spiro atoms. The lowest BCUT2D eigenvalue weighted by Crippen LogP contribution is -2.30. The van der Waals surface area contributed by atoms with Crippen molar-refractivity contribution < 1.29 is 14.3 Å². The smallest absolute Gasteiger partial charge is 0.272 e. The predicted molar refractivity (Wildman–Crippen MR) is 141 cm³/mol. The van der Waals surface area contributed by atoms with Crippen LogP contribution in [0.1, 0.15) is 41.3 Å². The highest BCUT2D eigenvalue weighted by molar-refractivity contribution is 9.10. The molecule has 0 saturated carbocycles. The van der Waals surface area contributed by atoms with E-state index in [1.807, 2.05) is 37.3 Å². The van der Waals surface area contributed by atoms with Crippen molar-refractivity contribution in [3.05, 3.63) is 98.6 Å². The number of unbranched alkanes of at least 4 members (excludes halogenated alkanes) is 1. The second kappa shape index (κ2) is 12.4. The van der Waals surface area contributed by atoms with Crippen LogP contribution in [-0.2, 0) is 4.79 Å². The van der Waals surface area contributed by atoms with Crippen molar-refractivity contribution in [2.24, 2.45) is 0 Å². The molecule has 0 radical (unpaired) electrons. The lowest BCUT2D eigenvalue weighted by molar-refractivity contribution is -0.113. The quantitative estimate of drug-likeness (QED) is 0.226. The average Bonchev–Trinajstić information content (AvgIpc) is 2.83. The minimum Gasteiger partial charge on any atom is -0.494 e. The number of nitrogens with one attached hydrogen (secondary N) is 2. The van der Waals surface area contributed by atoms with Gasteiger partial charge in [0.2, 0.25) is 0 Å². The van der Waals surface area contributed by atoms with Gasteiger partial charge in [-0.3, -0.25) is 9.59 Å². The Morgan fingerprint density at radius 3 is 2.38 bits per heavy atom. The maximum absolute atomic E-state index is 13.1. The highest BCUT2D eigenvalue weighted by Crippen LogP contribution is 2.21. The van der Waals surface area contributed by atoms with Crippen molar-refractivity contribution in [1.29, 1.82) is 0 Å². The molecule has 0 bridgehead atoms. The molecule has 0 fully saturated rings. The van der Waals surface area contributed by atoms with E-state index in [0.717, 1.165) is 28.4 Å². The summed E-state index contributed by atoms with van der Waals surface area (Å²) in [6, 6.07) is 19.5. The molecule has 5 nitrogen and oxygen atoms in total. The van der Waals surface area contributed by atoms with Crippen LogP contribution in [0.3, 0.4) is 0 Å². The molecule has 3 rings (SSSR count). The molecule has 0 aliphatic heterocycles. The van der Waals surface area contributed by atoms with Crippen molar-refractivity contribution in [1.82, 2.24) is 5.32 Å². The fourth-order valence-corrected chi connectivity index (χ4v) is 3.43. The van der Waals surface area contributed by atoms with E-state index in [0.29, 0.717) is 28.6 Å². The first-order valence-corrected chi connectivity index (χ1v) is 12.1. The van der Waals surface area contributed by atoms with E-state index in [2.05, 4.69) is 33.5 Å². The Bertz CT molecular complexity index is 1180. The summed E-state index contributed by atoms with van der Waals surface area (Å²) >= 11 is 9.59. The number of aryl methyl sites for hydroxylation is 1. The Hall–Kier alpha value is -3.09. The van der Waals surface area contributed by atoms with Crippen LogP contribution >= 0.6 is 27.5 Å². The zero-order valence-electron chi connectivity index (χ0n) is 19.0. The number of benzene rings is 3. The van der Waals surface area contributed by atoms with Crippen LogP contribution in [0.5, 0.6) is 5.75 Å². The van der Waals surface area contributed by atoms with Crippen molar-refractivity contribution in [3.8, 4) is 5.75 Å². The maximum atomic E-state index is 13.1. The van der Waals surface area contributed by atoms with Gasteiger partial charge in [0.05, 0.1) is 6.61 Å². The third kappa shape index (κ3) is 7.47. The van der Waals surface area contributed by atoms with Gasteiger partial charge in [-0.25, -0.2) is 0 Å². The molecule has 2 N–H and O–H groups in total. The van der Waals surface area contributed by atoms with Crippen LogP contribution in [0.15, 0.2) is 76.9 Å². The number of carbonyl (C=O) groups excluding carboxylic acids is 2. The molecule has 0 saturated heterocycles. The number of hydrogen-bond acceptors (Lipinski definition) is 3. The zero-order chi connectivity index (χ0) is 24.5. The monoisotopic (exact) mass is 540 g/mol. The summed E-state index contributed by atoms with van der Waals surface area (Å²) < 4.78 is 6.56.